The first kappa shape index (κ1) is 16.3. The Bertz CT molecular complexity index is 1210. The van der Waals surface area contributed by atoms with Gasteiger partial charge in [0.05, 0.1) is 17.6 Å². The molecule has 2 aromatic heterocycles. The summed E-state index contributed by atoms with van der Waals surface area (Å²) in [6, 6.07) is 19.6. The van der Waals surface area contributed by atoms with Gasteiger partial charge < -0.3 is 0 Å². The summed E-state index contributed by atoms with van der Waals surface area (Å²) in [6.07, 6.45) is 1.57. The molecule has 0 N–H and O–H groups in total. The summed E-state index contributed by atoms with van der Waals surface area (Å²) in [5, 5.41) is 0.944. The van der Waals surface area contributed by atoms with E-state index in [0.717, 1.165) is 5.56 Å². The second-order valence-electron chi connectivity index (χ2n) is 5.85. The highest BCUT2D eigenvalue weighted by atomic mass is 35.5. The van der Waals surface area contributed by atoms with Gasteiger partial charge in [-0.05, 0) is 42.0 Å². The fourth-order valence-electron chi connectivity index (χ4n) is 2.95. The second-order valence-corrected chi connectivity index (χ2v) is 6.29. The van der Waals surface area contributed by atoms with E-state index in [-0.39, 0.29) is 12.1 Å². The van der Waals surface area contributed by atoms with Crippen LogP contribution in [-0.2, 0) is 6.54 Å². The zero-order valence-corrected chi connectivity index (χ0v) is 14.4. The van der Waals surface area contributed by atoms with Gasteiger partial charge >= 0.3 is 5.69 Å². The summed E-state index contributed by atoms with van der Waals surface area (Å²) in [4.78, 5) is 30.3. The fraction of sp³-hybridized carbons (Fsp3) is 0.0500. The molecule has 0 spiro atoms. The lowest BCUT2D eigenvalue weighted by atomic mass is 10.2. The van der Waals surface area contributed by atoms with Crippen LogP contribution < -0.4 is 11.2 Å². The first-order valence-corrected chi connectivity index (χ1v) is 8.43. The lowest BCUT2D eigenvalue weighted by Crippen LogP contribution is -2.40. The Labute approximate surface area is 153 Å². The van der Waals surface area contributed by atoms with Gasteiger partial charge in [-0.2, -0.15) is 0 Å². The average Bonchev–Trinajstić information content (AvgIpc) is 2.66. The van der Waals surface area contributed by atoms with E-state index in [9.17, 15) is 9.59 Å². The maximum Gasteiger partial charge on any atom is 0.337 e. The molecule has 2 heterocycles. The number of benzene rings is 2. The smallest absolute Gasteiger partial charge is 0.268 e. The predicted octanol–water partition coefficient (Wildman–Crippen LogP) is 3.25. The number of aromatic nitrogens is 3. The van der Waals surface area contributed by atoms with Crippen LogP contribution in [0.4, 0.5) is 0 Å². The first-order valence-electron chi connectivity index (χ1n) is 8.05. The molecule has 0 aliphatic carbocycles. The monoisotopic (exact) mass is 363 g/mol. The Morgan fingerprint density at radius 2 is 1.73 bits per heavy atom. The highest BCUT2D eigenvalue weighted by Crippen LogP contribution is 2.13. The van der Waals surface area contributed by atoms with Crippen molar-refractivity contribution in [1.29, 1.82) is 0 Å². The number of rotatable bonds is 3. The van der Waals surface area contributed by atoms with Gasteiger partial charge in [0.25, 0.3) is 5.56 Å². The van der Waals surface area contributed by atoms with Crippen LogP contribution in [0.3, 0.4) is 0 Å². The molecule has 0 amide bonds. The van der Waals surface area contributed by atoms with Crippen LogP contribution in [0.2, 0.25) is 5.02 Å². The van der Waals surface area contributed by atoms with Crippen LogP contribution in [-0.4, -0.2) is 14.1 Å². The normalized spacial score (nSPS) is 11.0. The minimum Gasteiger partial charge on any atom is -0.268 e. The molecule has 128 valence electrons. The van der Waals surface area contributed by atoms with E-state index >= 15 is 0 Å². The zero-order chi connectivity index (χ0) is 18.1. The van der Waals surface area contributed by atoms with Crippen molar-refractivity contribution in [2.24, 2.45) is 0 Å². The second kappa shape index (κ2) is 6.61. The van der Waals surface area contributed by atoms with E-state index in [2.05, 4.69) is 4.98 Å². The van der Waals surface area contributed by atoms with Gasteiger partial charge in [-0.25, -0.2) is 14.3 Å². The molecule has 0 radical (unpaired) electrons. The molecule has 0 saturated carbocycles. The van der Waals surface area contributed by atoms with Gasteiger partial charge in [0.15, 0.2) is 5.65 Å². The van der Waals surface area contributed by atoms with Gasteiger partial charge in [0.2, 0.25) is 0 Å². The summed E-state index contributed by atoms with van der Waals surface area (Å²) in [7, 11) is 0. The van der Waals surface area contributed by atoms with Crippen LogP contribution in [0.15, 0.2) is 82.5 Å². The molecule has 0 atom stereocenters. The minimum atomic E-state index is -0.438. The minimum absolute atomic E-state index is 0.135. The van der Waals surface area contributed by atoms with Crippen LogP contribution >= 0.6 is 11.6 Å². The van der Waals surface area contributed by atoms with E-state index in [1.807, 2.05) is 36.4 Å². The Hall–Kier alpha value is -3.18. The molecule has 0 saturated heterocycles. The Balaban J connectivity index is 2.02. The van der Waals surface area contributed by atoms with Gasteiger partial charge in [-0.3, -0.25) is 9.36 Å². The largest absolute Gasteiger partial charge is 0.337 e. The van der Waals surface area contributed by atoms with Crippen molar-refractivity contribution >= 4 is 22.6 Å². The molecule has 5 nitrogen and oxygen atoms in total. The number of para-hydroxylation sites is 1. The van der Waals surface area contributed by atoms with Crippen LogP contribution in [0.25, 0.3) is 16.7 Å². The zero-order valence-electron chi connectivity index (χ0n) is 13.7. The van der Waals surface area contributed by atoms with Crippen molar-refractivity contribution in [2.45, 2.75) is 6.54 Å². The lowest BCUT2D eigenvalue weighted by Gasteiger charge is -2.13. The average molecular weight is 364 g/mol. The number of pyridine rings is 1. The highest BCUT2D eigenvalue weighted by Gasteiger charge is 2.15. The maximum absolute atomic E-state index is 13.1. The van der Waals surface area contributed by atoms with Crippen LogP contribution in [0.5, 0.6) is 0 Å². The van der Waals surface area contributed by atoms with Gasteiger partial charge in [-0.1, -0.05) is 41.9 Å². The first-order chi connectivity index (χ1) is 12.6. The highest BCUT2D eigenvalue weighted by molar-refractivity contribution is 6.30. The van der Waals surface area contributed by atoms with Crippen molar-refractivity contribution in [2.75, 3.05) is 0 Å². The Morgan fingerprint density at radius 3 is 2.50 bits per heavy atom. The Morgan fingerprint density at radius 1 is 0.923 bits per heavy atom. The number of hydrogen-bond donors (Lipinski definition) is 0. The molecule has 0 aliphatic rings. The van der Waals surface area contributed by atoms with Crippen LogP contribution in [0, 0.1) is 0 Å². The number of nitrogens with zero attached hydrogens (tertiary/aromatic N) is 3. The molecule has 6 heteroatoms. The summed E-state index contributed by atoms with van der Waals surface area (Å²) >= 11 is 6.03. The van der Waals surface area contributed by atoms with Crippen molar-refractivity contribution < 1.29 is 0 Å². The van der Waals surface area contributed by atoms with Crippen molar-refractivity contribution in [3.05, 3.63) is 104 Å². The third kappa shape index (κ3) is 2.82. The predicted molar refractivity (Wildman–Crippen MR) is 102 cm³/mol. The fourth-order valence-corrected chi connectivity index (χ4v) is 3.17. The van der Waals surface area contributed by atoms with Gasteiger partial charge in [0.1, 0.15) is 0 Å². The number of hydrogen-bond acceptors (Lipinski definition) is 3. The van der Waals surface area contributed by atoms with Crippen molar-refractivity contribution in [3.63, 3.8) is 0 Å². The summed E-state index contributed by atoms with van der Waals surface area (Å²) < 4.78 is 2.67. The summed E-state index contributed by atoms with van der Waals surface area (Å²) in [5.74, 6) is 0. The van der Waals surface area contributed by atoms with E-state index in [4.69, 9.17) is 11.6 Å². The van der Waals surface area contributed by atoms with Gasteiger partial charge in [0, 0.05) is 11.2 Å². The molecular formula is C20H14ClN3O2. The summed E-state index contributed by atoms with van der Waals surface area (Å²) in [5.41, 5.74) is 0.967. The molecule has 0 fully saturated rings. The molecule has 0 unspecified atom stereocenters. The molecule has 0 aliphatic heterocycles. The van der Waals surface area contributed by atoms with Crippen molar-refractivity contribution in [3.8, 4) is 5.69 Å². The standard InChI is InChI=1S/C20H14ClN3O2/c21-15-7-4-6-14(12-15)13-23-19(25)17-10-5-11-22-18(17)24(20(23)26)16-8-2-1-3-9-16/h1-12H,13H2. The topological polar surface area (TPSA) is 56.9 Å². The molecular weight excluding hydrogens is 350 g/mol. The number of halogens is 1. The third-order valence-corrected chi connectivity index (χ3v) is 4.38. The Kier molecular flexibility index (Phi) is 4.14. The molecule has 4 aromatic rings. The molecule has 2 aromatic carbocycles. The summed E-state index contributed by atoms with van der Waals surface area (Å²) in [6.45, 7) is 0.135. The number of fused-ring (bicyclic) bond motifs is 1. The van der Waals surface area contributed by atoms with E-state index < -0.39 is 5.69 Å². The third-order valence-electron chi connectivity index (χ3n) is 4.14. The lowest BCUT2D eigenvalue weighted by molar-refractivity contribution is 0.683. The molecule has 4 rings (SSSR count). The van der Waals surface area contributed by atoms with Gasteiger partial charge in [-0.15, -0.1) is 0 Å². The van der Waals surface area contributed by atoms with E-state index in [1.165, 1.54) is 9.13 Å². The van der Waals surface area contributed by atoms with Crippen molar-refractivity contribution in [1.82, 2.24) is 14.1 Å². The van der Waals surface area contributed by atoms with Crippen LogP contribution in [0.1, 0.15) is 5.56 Å². The maximum atomic E-state index is 13.1. The van der Waals surface area contributed by atoms with E-state index in [1.54, 1.807) is 36.5 Å². The molecule has 0 bridgehead atoms. The van der Waals surface area contributed by atoms with E-state index in [0.29, 0.717) is 21.7 Å². The quantitative estimate of drug-likeness (QED) is 0.561. The SMILES string of the molecule is O=c1c2cccnc2n(-c2ccccc2)c(=O)n1Cc1cccc(Cl)c1. The molecule has 26 heavy (non-hydrogen) atoms.